The lowest BCUT2D eigenvalue weighted by molar-refractivity contribution is -0.165. The fourth-order valence-electron chi connectivity index (χ4n) is 1.58. The summed E-state index contributed by atoms with van der Waals surface area (Å²) >= 11 is 0. The molecule has 8 heteroatoms. The first-order chi connectivity index (χ1) is 9.83. The van der Waals surface area contributed by atoms with Gasteiger partial charge in [-0.3, -0.25) is 9.59 Å². The predicted molar refractivity (Wildman–Crippen MR) is 71.0 cm³/mol. The van der Waals surface area contributed by atoms with Crippen LogP contribution in [0.3, 0.4) is 0 Å². The molecule has 0 aliphatic heterocycles. The standard InChI is InChI=1S/C13H19NO7/c1-9(15)14-13(11(17)20-3,12(18)21-4)8-6-5-7-10(16)19-2/h5-6H,7-8H2,1-4H3,(H,14,15). The highest BCUT2D eigenvalue weighted by molar-refractivity contribution is 6.07. The molecule has 0 spiro atoms. The molecule has 0 saturated heterocycles. The summed E-state index contributed by atoms with van der Waals surface area (Å²) in [6, 6.07) is 0. The zero-order valence-corrected chi connectivity index (χ0v) is 12.4. The summed E-state index contributed by atoms with van der Waals surface area (Å²) < 4.78 is 13.6. The Hall–Kier alpha value is -2.38. The van der Waals surface area contributed by atoms with Gasteiger partial charge in [-0.25, -0.2) is 9.59 Å². The Morgan fingerprint density at radius 3 is 1.86 bits per heavy atom. The maximum atomic E-state index is 11.9. The van der Waals surface area contributed by atoms with Crippen LogP contribution in [0.5, 0.6) is 0 Å². The predicted octanol–water partition coefficient (Wildman–Crippen LogP) is -0.283. The van der Waals surface area contributed by atoms with Gasteiger partial charge in [-0.2, -0.15) is 0 Å². The van der Waals surface area contributed by atoms with Crippen LogP contribution in [-0.4, -0.2) is 50.7 Å². The SMILES string of the molecule is COC(=O)CC=CCC(NC(C)=O)(C(=O)OC)C(=O)OC. The van der Waals surface area contributed by atoms with Gasteiger partial charge >= 0.3 is 17.9 Å². The summed E-state index contributed by atoms with van der Waals surface area (Å²) in [6.45, 7) is 1.15. The number of methoxy groups -OCH3 is 3. The van der Waals surface area contributed by atoms with Crippen molar-refractivity contribution in [1.82, 2.24) is 5.32 Å². The molecule has 0 aromatic carbocycles. The van der Waals surface area contributed by atoms with E-state index in [1.807, 2.05) is 0 Å². The van der Waals surface area contributed by atoms with Gasteiger partial charge < -0.3 is 19.5 Å². The molecule has 21 heavy (non-hydrogen) atoms. The van der Waals surface area contributed by atoms with Crippen molar-refractivity contribution in [1.29, 1.82) is 0 Å². The molecule has 1 N–H and O–H groups in total. The van der Waals surface area contributed by atoms with E-state index in [-0.39, 0.29) is 12.8 Å². The van der Waals surface area contributed by atoms with Crippen molar-refractivity contribution >= 4 is 23.8 Å². The van der Waals surface area contributed by atoms with Crippen molar-refractivity contribution in [3.05, 3.63) is 12.2 Å². The number of ether oxygens (including phenoxy) is 3. The maximum Gasteiger partial charge on any atom is 0.343 e. The Bertz CT molecular complexity index is 426. The first-order valence-electron chi connectivity index (χ1n) is 6.01. The Balaban J connectivity index is 5.26. The first-order valence-corrected chi connectivity index (χ1v) is 6.01. The summed E-state index contributed by atoms with van der Waals surface area (Å²) in [4.78, 5) is 46.0. The van der Waals surface area contributed by atoms with Crippen LogP contribution in [0.15, 0.2) is 12.2 Å². The van der Waals surface area contributed by atoms with Crippen molar-refractivity contribution in [3.63, 3.8) is 0 Å². The molecule has 0 aromatic rings. The molecule has 0 aliphatic carbocycles. The van der Waals surface area contributed by atoms with Crippen LogP contribution in [0.2, 0.25) is 0 Å². The minimum Gasteiger partial charge on any atom is -0.469 e. The number of hydrogen-bond acceptors (Lipinski definition) is 7. The van der Waals surface area contributed by atoms with E-state index in [9.17, 15) is 19.2 Å². The summed E-state index contributed by atoms with van der Waals surface area (Å²) in [6.07, 6.45) is 2.55. The van der Waals surface area contributed by atoms with Crippen molar-refractivity contribution in [3.8, 4) is 0 Å². The van der Waals surface area contributed by atoms with Crippen molar-refractivity contribution in [2.45, 2.75) is 25.3 Å². The Morgan fingerprint density at radius 1 is 0.952 bits per heavy atom. The summed E-state index contributed by atoms with van der Waals surface area (Å²) in [5, 5.41) is 2.24. The minimum atomic E-state index is -1.98. The lowest BCUT2D eigenvalue weighted by atomic mass is 9.94. The van der Waals surface area contributed by atoms with E-state index in [1.54, 1.807) is 0 Å². The number of hydrogen-bond donors (Lipinski definition) is 1. The fourth-order valence-corrected chi connectivity index (χ4v) is 1.58. The molecule has 1 amide bonds. The summed E-state index contributed by atoms with van der Waals surface area (Å²) in [7, 11) is 3.40. The molecule has 0 heterocycles. The highest BCUT2D eigenvalue weighted by atomic mass is 16.5. The van der Waals surface area contributed by atoms with Crippen LogP contribution >= 0.6 is 0 Å². The van der Waals surface area contributed by atoms with Crippen molar-refractivity contribution in [2.75, 3.05) is 21.3 Å². The van der Waals surface area contributed by atoms with E-state index in [0.29, 0.717) is 0 Å². The van der Waals surface area contributed by atoms with Crippen LogP contribution < -0.4 is 5.32 Å². The second-order valence-electron chi connectivity index (χ2n) is 4.03. The lowest BCUT2D eigenvalue weighted by Gasteiger charge is -2.27. The molecule has 0 rings (SSSR count). The monoisotopic (exact) mass is 301 g/mol. The lowest BCUT2D eigenvalue weighted by Crippen LogP contribution is -2.60. The maximum absolute atomic E-state index is 11.9. The molecular weight excluding hydrogens is 282 g/mol. The highest BCUT2D eigenvalue weighted by Crippen LogP contribution is 2.16. The van der Waals surface area contributed by atoms with Gasteiger partial charge in [0.25, 0.3) is 0 Å². The second-order valence-corrected chi connectivity index (χ2v) is 4.03. The summed E-state index contributed by atoms with van der Waals surface area (Å²) in [5.74, 6) is -3.01. The Morgan fingerprint density at radius 2 is 1.48 bits per heavy atom. The van der Waals surface area contributed by atoms with Crippen molar-refractivity contribution < 1.29 is 33.4 Å². The zero-order chi connectivity index (χ0) is 16.5. The molecule has 0 bridgehead atoms. The van der Waals surface area contributed by atoms with Crippen LogP contribution in [-0.2, 0) is 33.4 Å². The number of carbonyl (C=O) groups excluding carboxylic acids is 4. The van der Waals surface area contributed by atoms with Gasteiger partial charge in [0, 0.05) is 13.3 Å². The normalized spacial score (nSPS) is 10.9. The van der Waals surface area contributed by atoms with Gasteiger partial charge in [0.15, 0.2) is 0 Å². The Labute approximate surface area is 122 Å². The first kappa shape index (κ1) is 18.6. The van der Waals surface area contributed by atoms with E-state index in [4.69, 9.17) is 0 Å². The van der Waals surface area contributed by atoms with Crippen LogP contribution in [0.25, 0.3) is 0 Å². The molecule has 0 fully saturated rings. The summed E-state index contributed by atoms with van der Waals surface area (Å²) in [5.41, 5.74) is -1.98. The smallest absolute Gasteiger partial charge is 0.343 e. The molecule has 0 unspecified atom stereocenters. The van der Waals surface area contributed by atoms with Crippen LogP contribution in [0, 0.1) is 0 Å². The van der Waals surface area contributed by atoms with Gasteiger partial charge in [-0.15, -0.1) is 0 Å². The molecule has 0 aromatic heterocycles. The molecule has 0 saturated carbocycles. The second kappa shape index (κ2) is 8.72. The van der Waals surface area contributed by atoms with Crippen LogP contribution in [0.1, 0.15) is 19.8 Å². The average molecular weight is 301 g/mol. The molecule has 0 atom stereocenters. The average Bonchev–Trinajstić information content (AvgIpc) is 2.47. The van der Waals surface area contributed by atoms with E-state index in [0.717, 1.165) is 21.1 Å². The third kappa shape index (κ3) is 5.25. The number of rotatable bonds is 7. The molecule has 0 radical (unpaired) electrons. The van der Waals surface area contributed by atoms with E-state index >= 15 is 0 Å². The number of carbonyl (C=O) groups is 4. The minimum absolute atomic E-state index is 0.0327. The fraction of sp³-hybridized carbons (Fsp3) is 0.538. The van der Waals surface area contributed by atoms with Gasteiger partial charge in [0.05, 0.1) is 27.8 Å². The van der Waals surface area contributed by atoms with E-state index in [2.05, 4.69) is 19.5 Å². The van der Waals surface area contributed by atoms with Gasteiger partial charge in [0.1, 0.15) is 0 Å². The molecular formula is C13H19NO7. The van der Waals surface area contributed by atoms with E-state index < -0.39 is 29.4 Å². The van der Waals surface area contributed by atoms with E-state index in [1.165, 1.54) is 19.3 Å². The third-order valence-corrected chi connectivity index (χ3v) is 2.56. The van der Waals surface area contributed by atoms with Crippen LogP contribution in [0.4, 0.5) is 0 Å². The number of nitrogens with one attached hydrogen (secondary N) is 1. The molecule has 0 aliphatic rings. The van der Waals surface area contributed by atoms with Crippen molar-refractivity contribution in [2.24, 2.45) is 0 Å². The van der Waals surface area contributed by atoms with Gasteiger partial charge in [-0.05, 0) is 0 Å². The number of amides is 1. The topological polar surface area (TPSA) is 108 Å². The number of esters is 3. The van der Waals surface area contributed by atoms with Gasteiger partial charge in [-0.1, -0.05) is 12.2 Å². The Kier molecular flexibility index (Phi) is 7.74. The molecule has 118 valence electrons. The highest BCUT2D eigenvalue weighted by Gasteiger charge is 2.48. The third-order valence-electron chi connectivity index (χ3n) is 2.56. The van der Waals surface area contributed by atoms with Gasteiger partial charge in [0.2, 0.25) is 11.4 Å². The molecule has 8 nitrogen and oxygen atoms in total. The zero-order valence-electron chi connectivity index (χ0n) is 12.4. The largest absolute Gasteiger partial charge is 0.469 e. The quantitative estimate of drug-likeness (QED) is 0.298.